The van der Waals surface area contributed by atoms with Crippen LogP contribution >= 0.6 is 24.0 Å². The number of nitrogens with one attached hydrogen (secondary N) is 1. The van der Waals surface area contributed by atoms with Crippen molar-refractivity contribution < 1.29 is 22.3 Å². The Morgan fingerprint density at radius 1 is 1.15 bits per heavy atom. The highest BCUT2D eigenvalue weighted by atomic mass is 127. The van der Waals surface area contributed by atoms with Crippen LogP contribution in [0.4, 0.5) is 23.2 Å². The molecule has 27 heavy (non-hydrogen) atoms. The lowest BCUT2D eigenvalue weighted by Crippen LogP contribution is -2.25. The molecule has 0 aliphatic heterocycles. The van der Waals surface area contributed by atoms with E-state index < -0.39 is 6.36 Å². The average molecular weight is 495 g/mol. The number of hydrogen-bond donors (Lipinski definition) is 2. The van der Waals surface area contributed by atoms with E-state index in [1.54, 1.807) is 6.07 Å². The highest BCUT2D eigenvalue weighted by molar-refractivity contribution is 14.0. The molecule has 0 bridgehead atoms. The van der Waals surface area contributed by atoms with Crippen molar-refractivity contribution in [3.63, 3.8) is 0 Å². The molecule has 0 heterocycles. The van der Waals surface area contributed by atoms with E-state index in [-0.39, 0.29) is 46.9 Å². The van der Waals surface area contributed by atoms with Crippen LogP contribution in [0.2, 0.25) is 0 Å². The molecule has 0 unspecified atom stereocenters. The maximum atomic E-state index is 13.4. The number of nitrogens with two attached hydrogens (primary N) is 1. The van der Waals surface area contributed by atoms with Crippen molar-refractivity contribution in [2.75, 3.05) is 11.9 Å². The van der Waals surface area contributed by atoms with Crippen molar-refractivity contribution in [3.8, 4) is 5.75 Å². The Hall–Kier alpha value is -2.04. The Bertz CT molecular complexity index is 805. The SMILES string of the molecule is I.NC(=NCC1(c2cccc(F)c2)CC1)Nc1ccc(OC(F)(F)F)cc1. The van der Waals surface area contributed by atoms with Gasteiger partial charge in [0.05, 0.1) is 6.54 Å². The summed E-state index contributed by atoms with van der Waals surface area (Å²) in [5.74, 6) is -0.469. The zero-order valence-electron chi connectivity index (χ0n) is 14.1. The molecule has 146 valence electrons. The summed E-state index contributed by atoms with van der Waals surface area (Å²) in [6, 6.07) is 11.6. The van der Waals surface area contributed by atoms with Crippen LogP contribution in [0.3, 0.4) is 0 Å². The van der Waals surface area contributed by atoms with Crippen molar-refractivity contribution in [3.05, 3.63) is 59.9 Å². The van der Waals surface area contributed by atoms with Gasteiger partial charge in [0.2, 0.25) is 0 Å². The molecule has 9 heteroatoms. The van der Waals surface area contributed by atoms with Crippen LogP contribution in [0.5, 0.6) is 5.75 Å². The van der Waals surface area contributed by atoms with Gasteiger partial charge in [-0.3, -0.25) is 4.99 Å². The molecule has 0 radical (unpaired) electrons. The summed E-state index contributed by atoms with van der Waals surface area (Å²) < 4.78 is 53.6. The lowest BCUT2D eigenvalue weighted by molar-refractivity contribution is -0.274. The number of rotatable bonds is 5. The number of guanidine groups is 1. The minimum absolute atomic E-state index is 0. The highest BCUT2D eigenvalue weighted by Crippen LogP contribution is 2.48. The molecule has 0 spiro atoms. The summed E-state index contributed by atoms with van der Waals surface area (Å²) in [6.07, 6.45) is -2.93. The van der Waals surface area contributed by atoms with Crippen molar-refractivity contribution >= 4 is 35.6 Å². The highest BCUT2D eigenvalue weighted by Gasteiger charge is 2.44. The number of nitrogens with zero attached hydrogens (tertiary/aromatic N) is 1. The van der Waals surface area contributed by atoms with E-state index in [0.29, 0.717) is 12.2 Å². The smallest absolute Gasteiger partial charge is 0.406 e. The summed E-state index contributed by atoms with van der Waals surface area (Å²) in [5, 5.41) is 2.81. The minimum atomic E-state index is -4.73. The van der Waals surface area contributed by atoms with Gasteiger partial charge in [-0.15, -0.1) is 37.1 Å². The molecule has 3 rings (SSSR count). The lowest BCUT2D eigenvalue weighted by atomic mass is 9.96. The van der Waals surface area contributed by atoms with Crippen LogP contribution in [0.1, 0.15) is 18.4 Å². The normalized spacial score (nSPS) is 15.6. The maximum Gasteiger partial charge on any atom is 0.573 e. The minimum Gasteiger partial charge on any atom is -0.406 e. The molecule has 1 fully saturated rings. The summed E-state index contributed by atoms with van der Waals surface area (Å²) in [6.45, 7) is 0.407. The molecule has 3 N–H and O–H groups in total. The van der Waals surface area contributed by atoms with Gasteiger partial charge in [-0.25, -0.2) is 4.39 Å². The number of alkyl halides is 3. The first-order valence-corrected chi connectivity index (χ1v) is 7.95. The third-order valence-electron chi connectivity index (χ3n) is 4.20. The van der Waals surface area contributed by atoms with Gasteiger partial charge in [-0.1, -0.05) is 12.1 Å². The van der Waals surface area contributed by atoms with Crippen LogP contribution in [0.25, 0.3) is 0 Å². The van der Waals surface area contributed by atoms with E-state index >= 15 is 0 Å². The molecule has 0 saturated heterocycles. The first-order chi connectivity index (χ1) is 12.3. The second kappa shape index (κ2) is 8.32. The molecule has 4 nitrogen and oxygen atoms in total. The van der Waals surface area contributed by atoms with Crippen molar-refractivity contribution in [1.29, 1.82) is 0 Å². The van der Waals surface area contributed by atoms with Gasteiger partial charge < -0.3 is 15.8 Å². The van der Waals surface area contributed by atoms with E-state index in [4.69, 9.17) is 5.73 Å². The number of anilines is 1. The predicted octanol–water partition coefficient (Wildman–Crippen LogP) is 4.80. The van der Waals surface area contributed by atoms with Crippen LogP contribution < -0.4 is 15.8 Å². The van der Waals surface area contributed by atoms with Crippen LogP contribution in [-0.4, -0.2) is 18.9 Å². The molecule has 1 saturated carbocycles. The summed E-state index contributed by atoms with van der Waals surface area (Å²) in [7, 11) is 0. The van der Waals surface area contributed by atoms with E-state index in [2.05, 4.69) is 15.0 Å². The maximum absolute atomic E-state index is 13.4. The second-order valence-corrected chi connectivity index (χ2v) is 6.19. The predicted molar refractivity (Wildman–Crippen MR) is 106 cm³/mol. The number of ether oxygens (including phenoxy) is 1. The molecule has 0 atom stereocenters. The van der Waals surface area contributed by atoms with Gasteiger partial charge in [0.15, 0.2) is 5.96 Å². The van der Waals surface area contributed by atoms with Gasteiger partial charge in [-0.05, 0) is 54.8 Å². The monoisotopic (exact) mass is 495 g/mol. The van der Waals surface area contributed by atoms with E-state index in [1.807, 2.05) is 6.07 Å². The van der Waals surface area contributed by atoms with E-state index in [0.717, 1.165) is 18.4 Å². The molecule has 0 amide bonds. The van der Waals surface area contributed by atoms with Gasteiger partial charge in [0.25, 0.3) is 0 Å². The molecule has 0 aromatic heterocycles. The molecule has 2 aromatic carbocycles. The Kier molecular flexibility index (Phi) is 6.55. The fourth-order valence-corrected chi connectivity index (χ4v) is 2.67. The van der Waals surface area contributed by atoms with Gasteiger partial charge in [0.1, 0.15) is 11.6 Å². The standard InChI is InChI=1S/C18H17F4N3O.HI/c19-13-3-1-2-12(10-13)17(8-9-17)11-24-16(23)25-14-4-6-15(7-5-14)26-18(20,21)22;/h1-7,10H,8-9,11H2,(H3,23,24,25);1H. The largest absolute Gasteiger partial charge is 0.573 e. The van der Waals surface area contributed by atoms with E-state index in [9.17, 15) is 17.6 Å². The number of hydrogen-bond acceptors (Lipinski definition) is 2. The van der Waals surface area contributed by atoms with Crippen LogP contribution in [0.15, 0.2) is 53.5 Å². The fraction of sp³-hybridized carbons (Fsp3) is 0.278. The van der Waals surface area contributed by atoms with Crippen LogP contribution in [-0.2, 0) is 5.41 Å². The Morgan fingerprint density at radius 2 is 1.81 bits per heavy atom. The fourth-order valence-electron chi connectivity index (χ4n) is 2.67. The number of benzene rings is 2. The zero-order chi connectivity index (χ0) is 18.8. The third kappa shape index (κ3) is 5.98. The Balaban J connectivity index is 0.00000261. The van der Waals surface area contributed by atoms with Crippen molar-refractivity contribution in [2.45, 2.75) is 24.6 Å². The quantitative estimate of drug-likeness (QED) is 0.271. The topological polar surface area (TPSA) is 59.6 Å². The van der Waals surface area contributed by atoms with E-state index in [1.165, 1.54) is 36.4 Å². The second-order valence-electron chi connectivity index (χ2n) is 6.19. The summed E-state index contributed by atoms with van der Waals surface area (Å²) in [5.41, 5.74) is 7.02. The zero-order valence-corrected chi connectivity index (χ0v) is 16.4. The van der Waals surface area contributed by atoms with Gasteiger partial charge in [-0.2, -0.15) is 0 Å². The van der Waals surface area contributed by atoms with Crippen LogP contribution in [0, 0.1) is 5.82 Å². The molecular weight excluding hydrogens is 477 g/mol. The summed E-state index contributed by atoms with van der Waals surface area (Å²) in [4.78, 5) is 4.29. The third-order valence-corrected chi connectivity index (χ3v) is 4.20. The first-order valence-electron chi connectivity index (χ1n) is 7.95. The number of aliphatic imine (C=N–C) groups is 1. The molecule has 1 aliphatic carbocycles. The lowest BCUT2D eigenvalue weighted by Gasteiger charge is -2.14. The summed E-state index contributed by atoms with van der Waals surface area (Å²) >= 11 is 0. The van der Waals surface area contributed by atoms with Gasteiger partial charge >= 0.3 is 6.36 Å². The first kappa shape index (κ1) is 21.3. The van der Waals surface area contributed by atoms with Crippen molar-refractivity contribution in [1.82, 2.24) is 0 Å². The number of halogens is 5. The Morgan fingerprint density at radius 3 is 2.37 bits per heavy atom. The molecule has 2 aromatic rings. The molecular formula is C18H18F4IN3O. The van der Waals surface area contributed by atoms with Gasteiger partial charge in [0, 0.05) is 11.1 Å². The van der Waals surface area contributed by atoms with Crippen molar-refractivity contribution in [2.24, 2.45) is 10.7 Å². The average Bonchev–Trinajstić information content (AvgIpc) is 3.35. The Labute approximate surface area is 170 Å². The molecule has 1 aliphatic rings.